The number of aryl methyl sites for hydroxylation is 1. The van der Waals surface area contributed by atoms with Gasteiger partial charge in [0, 0.05) is 0 Å². The van der Waals surface area contributed by atoms with Gasteiger partial charge in [-0.1, -0.05) is 57.9 Å². The molecule has 0 bridgehead atoms. The second kappa shape index (κ2) is 8.84. The average Bonchev–Trinajstić information content (AvgIpc) is 2.37. The van der Waals surface area contributed by atoms with Crippen molar-refractivity contribution < 1.29 is 10.2 Å². The van der Waals surface area contributed by atoms with Crippen molar-refractivity contribution in [2.75, 3.05) is 0 Å². The molecule has 0 heterocycles. The summed E-state index contributed by atoms with van der Waals surface area (Å²) in [5.41, 5.74) is 1.11. The monoisotopic (exact) mass is 250 g/mol. The molecule has 0 spiro atoms. The maximum Gasteiger partial charge on any atom is 0.157 e. The number of phenolic OH excluding ortho intramolecular Hbond substituents is 2. The van der Waals surface area contributed by atoms with Crippen molar-refractivity contribution in [3.05, 3.63) is 23.8 Å². The number of hydrogen-bond donors (Lipinski definition) is 2. The number of unbranched alkanes of at least 4 members (excludes halogenated alkanes) is 7. The Balaban J connectivity index is 2.05. The molecule has 0 saturated heterocycles. The van der Waals surface area contributed by atoms with Gasteiger partial charge in [-0.3, -0.25) is 0 Å². The molecule has 0 saturated carbocycles. The number of phenols is 2. The van der Waals surface area contributed by atoms with Crippen molar-refractivity contribution in [2.24, 2.45) is 0 Å². The quantitative estimate of drug-likeness (QED) is 0.489. The lowest BCUT2D eigenvalue weighted by Crippen LogP contribution is -1.86. The first-order chi connectivity index (χ1) is 8.74. The molecular weight excluding hydrogens is 224 g/mol. The maximum atomic E-state index is 9.37. The normalized spacial score (nSPS) is 10.7. The van der Waals surface area contributed by atoms with E-state index in [1.165, 1.54) is 44.9 Å². The third-order valence-electron chi connectivity index (χ3n) is 3.36. The van der Waals surface area contributed by atoms with E-state index in [1.54, 1.807) is 12.1 Å². The lowest BCUT2D eigenvalue weighted by atomic mass is 10.0. The second-order valence-corrected chi connectivity index (χ2v) is 5.05. The number of hydrogen-bond acceptors (Lipinski definition) is 2. The molecule has 1 rings (SSSR count). The minimum Gasteiger partial charge on any atom is -0.504 e. The van der Waals surface area contributed by atoms with Crippen molar-refractivity contribution in [1.82, 2.24) is 0 Å². The Labute approximate surface area is 111 Å². The summed E-state index contributed by atoms with van der Waals surface area (Å²) in [6.45, 7) is 2.24. The van der Waals surface area contributed by atoms with Crippen LogP contribution >= 0.6 is 0 Å². The molecular formula is C16H26O2. The Kier molecular flexibility index (Phi) is 7.31. The van der Waals surface area contributed by atoms with Crippen LogP contribution in [0.3, 0.4) is 0 Å². The Hall–Kier alpha value is -1.18. The van der Waals surface area contributed by atoms with Crippen LogP contribution < -0.4 is 0 Å². The predicted octanol–water partition coefficient (Wildman–Crippen LogP) is 4.78. The lowest BCUT2D eigenvalue weighted by molar-refractivity contribution is 0.403. The van der Waals surface area contributed by atoms with Crippen molar-refractivity contribution in [3.63, 3.8) is 0 Å². The molecule has 0 atom stereocenters. The Morgan fingerprint density at radius 3 is 2.00 bits per heavy atom. The first kappa shape index (κ1) is 14.9. The van der Waals surface area contributed by atoms with Gasteiger partial charge in [0.15, 0.2) is 11.5 Å². The third kappa shape index (κ3) is 5.95. The maximum absolute atomic E-state index is 9.37. The van der Waals surface area contributed by atoms with Gasteiger partial charge in [-0.25, -0.2) is 0 Å². The van der Waals surface area contributed by atoms with E-state index in [-0.39, 0.29) is 11.5 Å². The molecule has 0 aliphatic heterocycles. The summed E-state index contributed by atoms with van der Waals surface area (Å²) in [6.07, 6.45) is 11.5. The molecule has 2 heteroatoms. The van der Waals surface area contributed by atoms with E-state index < -0.39 is 0 Å². The van der Waals surface area contributed by atoms with E-state index in [9.17, 15) is 10.2 Å². The van der Waals surface area contributed by atoms with E-state index >= 15 is 0 Å². The van der Waals surface area contributed by atoms with Gasteiger partial charge in [-0.15, -0.1) is 0 Å². The Morgan fingerprint density at radius 2 is 1.39 bits per heavy atom. The van der Waals surface area contributed by atoms with Gasteiger partial charge < -0.3 is 10.2 Å². The molecule has 2 N–H and O–H groups in total. The number of aromatic hydroxyl groups is 2. The minimum atomic E-state index is -0.0327. The van der Waals surface area contributed by atoms with E-state index in [0.717, 1.165) is 18.4 Å². The molecule has 0 aromatic heterocycles. The van der Waals surface area contributed by atoms with E-state index in [0.29, 0.717) is 0 Å². The van der Waals surface area contributed by atoms with Gasteiger partial charge in [0.05, 0.1) is 0 Å². The largest absolute Gasteiger partial charge is 0.504 e. The van der Waals surface area contributed by atoms with Gasteiger partial charge in [0.1, 0.15) is 0 Å². The molecule has 0 aliphatic carbocycles. The summed E-state index contributed by atoms with van der Waals surface area (Å²) in [5, 5.41) is 18.6. The van der Waals surface area contributed by atoms with Crippen LogP contribution in [0.2, 0.25) is 0 Å². The summed E-state index contributed by atoms with van der Waals surface area (Å²) >= 11 is 0. The van der Waals surface area contributed by atoms with Crippen LogP contribution in [0.25, 0.3) is 0 Å². The minimum absolute atomic E-state index is 0.00735. The average molecular weight is 250 g/mol. The fourth-order valence-electron chi connectivity index (χ4n) is 2.19. The lowest BCUT2D eigenvalue weighted by Gasteiger charge is -2.04. The first-order valence-electron chi connectivity index (χ1n) is 7.25. The molecule has 102 valence electrons. The highest BCUT2D eigenvalue weighted by Crippen LogP contribution is 2.25. The highest BCUT2D eigenvalue weighted by atomic mass is 16.3. The van der Waals surface area contributed by atoms with Crippen molar-refractivity contribution in [3.8, 4) is 11.5 Å². The summed E-state index contributed by atoms with van der Waals surface area (Å²) < 4.78 is 0. The highest BCUT2D eigenvalue weighted by molar-refractivity contribution is 5.40. The second-order valence-electron chi connectivity index (χ2n) is 5.05. The number of rotatable bonds is 9. The molecule has 0 aliphatic rings. The third-order valence-corrected chi connectivity index (χ3v) is 3.36. The van der Waals surface area contributed by atoms with Gasteiger partial charge in [-0.2, -0.15) is 0 Å². The Morgan fingerprint density at radius 1 is 0.778 bits per heavy atom. The molecule has 0 radical (unpaired) electrons. The van der Waals surface area contributed by atoms with E-state index in [2.05, 4.69) is 6.92 Å². The van der Waals surface area contributed by atoms with E-state index in [4.69, 9.17) is 0 Å². The van der Waals surface area contributed by atoms with Crippen molar-refractivity contribution >= 4 is 0 Å². The zero-order valence-corrected chi connectivity index (χ0v) is 11.5. The van der Waals surface area contributed by atoms with Crippen LogP contribution in [0.4, 0.5) is 0 Å². The zero-order valence-electron chi connectivity index (χ0n) is 11.5. The summed E-state index contributed by atoms with van der Waals surface area (Å²) in [5.74, 6) is -0.0401. The summed E-state index contributed by atoms with van der Waals surface area (Å²) in [6, 6.07) is 5.11. The first-order valence-corrected chi connectivity index (χ1v) is 7.25. The van der Waals surface area contributed by atoms with Crippen LogP contribution in [-0.2, 0) is 6.42 Å². The van der Waals surface area contributed by atoms with Crippen molar-refractivity contribution in [1.29, 1.82) is 0 Å². The standard InChI is InChI=1S/C16H26O2/c1-2-3-4-5-6-7-8-9-10-14-11-12-15(17)16(18)13-14/h11-13,17-18H,2-10H2,1H3. The fraction of sp³-hybridized carbons (Fsp3) is 0.625. The highest BCUT2D eigenvalue weighted by Gasteiger charge is 2.00. The topological polar surface area (TPSA) is 40.5 Å². The predicted molar refractivity (Wildman–Crippen MR) is 76.1 cm³/mol. The summed E-state index contributed by atoms with van der Waals surface area (Å²) in [7, 11) is 0. The summed E-state index contributed by atoms with van der Waals surface area (Å²) in [4.78, 5) is 0. The Bertz CT molecular complexity index is 334. The van der Waals surface area contributed by atoms with E-state index in [1.807, 2.05) is 6.07 Å². The molecule has 0 fully saturated rings. The molecule has 2 nitrogen and oxygen atoms in total. The smallest absolute Gasteiger partial charge is 0.157 e. The molecule has 18 heavy (non-hydrogen) atoms. The molecule has 1 aromatic carbocycles. The van der Waals surface area contributed by atoms with Crippen molar-refractivity contribution in [2.45, 2.75) is 64.7 Å². The van der Waals surface area contributed by atoms with Crippen LogP contribution in [0.1, 0.15) is 63.9 Å². The van der Waals surface area contributed by atoms with Gasteiger partial charge in [-0.05, 0) is 30.5 Å². The molecule has 0 unspecified atom stereocenters. The zero-order chi connectivity index (χ0) is 13.2. The number of benzene rings is 1. The molecule has 0 amide bonds. The van der Waals surface area contributed by atoms with Crippen LogP contribution in [0, 0.1) is 0 Å². The van der Waals surface area contributed by atoms with Crippen LogP contribution in [0.5, 0.6) is 11.5 Å². The fourth-order valence-corrected chi connectivity index (χ4v) is 2.19. The van der Waals surface area contributed by atoms with Crippen LogP contribution in [0.15, 0.2) is 18.2 Å². The van der Waals surface area contributed by atoms with Gasteiger partial charge in [0.25, 0.3) is 0 Å². The molecule has 1 aromatic rings. The SMILES string of the molecule is CCCCCCCCCCc1ccc(O)c(O)c1. The van der Waals surface area contributed by atoms with Gasteiger partial charge >= 0.3 is 0 Å². The van der Waals surface area contributed by atoms with Crippen LogP contribution in [-0.4, -0.2) is 10.2 Å². The van der Waals surface area contributed by atoms with Gasteiger partial charge in [0.2, 0.25) is 0 Å².